The third-order valence-corrected chi connectivity index (χ3v) is 3.19. The smallest absolute Gasteiger partial charge is 0.314 e. The second-order valence-electron chi connectivity index (χ2n) is 5.10. The Morgan fingerprint density at radius 3 is 2.39 bits per heavy atom. The van der Waals surface area contributed by atoms with Gasteiger partial charge < -0.3 is 21.3 Å². The molecule has 0 unspecified atom stereocenters. The van der Waals surface area contributed by atoms with Gasteiger partial charge in [0.2, 0.25) is 11.8 Å². The van der Waals surface area contributed by atoms with Gasteiger partial charge in [0.25, 0.3) is 0 Å². The van der Waals surface area contributed by atoms with Crippen molar-refractivity contribution in [1.29, 1.82) is 0 Å². The van der Waals surface area contributed by atoms with Gasteiger partial charge >= 0.3 is 6.03 Å². The van der Waals surface area contributed by atoms with E-state index in [1.165, 1.54) is 14.0 Å². The number of carbonyl (C=O) groups excluding carboxylic acids is 3. The number of nitrogens with one attached hydrogen (secondary N) is 4. The first-order chi connectivity index (χ1) is 11.0. The summed E-state index contributed by atoms with van der Waals surface area (Å²) >= 11 is 0. The number of hydrogen-bond acceptors (Lipinski definition) is 3. The fourth-order valence-electron chi connectivity index (χ4n) is 2.02. The molecular formula is C16H24N4O3. The van der Waals surface area contributed by atoms with Crippen LogP contribution in [0.25, 0.3) is 0 Å². The van der Waals surface area contributed by atoms with Crippen LogP contribution >= 0.6 is 0 Å². The van der Waals surface area contributed by atoms with E-state index in [1.807, 2.05) is 30.3 Å². The molecule has 0 saturated carbocycles. The van der Waals surface area contributed by atoms with Gasteiger partial charge in [-0.25, -0.2) is 4.79 Å². The molecule has 7 heteroatoms. The van der Waals surface area contributed by atoms with Crippen LogP contribution in [0.4, 0.5) is 4.79 Å². The number of urea groups is 1. The number of amides is 4. The molecule has 0 spiro atoms. The second kappa shape index (κ2) is 10.2. The molecule has 0 bridgehead atoms. The van der Waals surface area contributed by atoms with Crippen LogP contribution in [0.1, 0.15) is 25.3 Å². The van der Waals surface area contributed by atoms with Crippen LogP contribution in [-0.4, -0.2) is 37.5 Å². The quantitative estimate of drug-likeness (QED) is 0.525. The van der Waals surface area contributed by atoms with E-state index in [0.29, 0.717) is 25.9 Å². The van der Waals surface area contributed by atoms with Crippen LogP contribution in [0, 0.1) is 0 Å². The molecule has 4 amide bonds. The molecule has 7 nitrogen and oxygen atoms in total. The number of carbonyl (C=O) groups is 3. The van der Waals surface area contributed by atoms with Crippen molar-refractivity contribution in [2.24, 2.45) is 0 Å². The maximum absolute atomic E-state index is 12.2. The zero-order valence-corrected chi connectivity index (χ0v) is 13.5. The van der Waals surface area contributed by atoms with E-state index in [2.05, 4.69) is 21.3 Å². The summed E-state index contributed by atoms with van der Waals surface area (Å²) in [5.74, 6) is -0.492. The van der Waals surface area contributed by atoms with Crippen molar-refractivity contribution in [3.63, 3.8) is 0 Å². The van der Waals surface area contributed by atoms with Crippen molar-refractivity contribution < 1.29 is 14.4 Å². The molecule has 0 fully saturated rings. The van der Waals surface area contributed by atoms with Gasteiger partial charge in [0, 0.05) is 27.1 Å². The summed E-state index contributed by atoms with van der Waals surface area (Å²) in [5.41, 5.74) is 0.990. The highest BCUT2D eigenvalue weighted by atomic mass is 16.2. The van der Waals surface area contributed by atoms with E-state index >= 15 is 0 Å². The zero-order chi connectivity index (χ0) is 17.1. The van der Waals surface area contributed by atoms with Gasteiger partial charge in [-0.1, -0.05) is 30.3 Å². The molecule has 0 heterocycles. The Hall–Kier alpha value is -2.57. The summed E-state index contributed by atoms with van der Waals surface area (Å²) in [5, 5.41) is 10.5. The molecule has 126 valence electrons. The molecule has 1 aromatic rings. The van der Waals surface area contributed by atoms with E-state index in [4.69, 9.17) is 0 Å². The predicted molar refractivity (Wildman–Crippen MR) is 87.6 cm³/mol. The molecule has 0 aliphatic heterocycles. The lowest BCUT2D eigenvalue weighted by Gasteiger charge is -2.17. The van der Waals surface area contributed by atoms with Gasteiger partial charge in [-0.05, 0) is 18.4 Å². The summed E-state index contributed by atoms with van der Waals surface area (Å²) in [4.78, 5) is 34.5. The van der Waals surface area contributed by atoms with Crippen LogP contribution < -0.4 is 21.3 Å². The Labute approximate surface area is 136 Å². The average Bonchev–Trinajstić information content (AvgIpc) is 2.55. The minimum absolute atomic E-state index is 0.232. The Bertz CT molecular complexity index is 519. The largest absolute Gasteiger partial charge is 0.350 e. The van der Waals surface area contributed by atoms with Crippen molar-refractivity contribution in [3.05, 3.63) is 35.9 Å². The topological polar surface area (TPSA) is 99.3 Å². The molecule has 0 radical (unpaired) electrons. The molecule has 0 aliphatic carbocycles. The van der Waals surface area contributed by atoms with Crippen LogP contribution in [0.15, 0.2) is 30.3 Å². The Morgan fingerprint density at radius 1 is 1.09 bits per heavy atom. The summed E-state index contributed by atoms with van der Waals surface area (Å²) in [7, 11) is 1.53. The van der Waals surface area contributed by atoms with Crippen LogP contribution in [0.5, 0.6) is 0 Å². The zero-order valence-electron chi connectivity index (χ0n) is 13.5. The molecule has 0 saturated heterocycles. The van der Waals surface area contributed by atoms with Gasteiger partial charge in [0.15, 0.2) is 0 Å². The third-order valence-electron chi connectivity index (χ3n) is 3.19. The monoisotopic (exact) mass is 320 g/mol. The highest BCUT2D eigenvalue weighted by Crippen LogP contribution is 2.01. The number of benzene rings is 1. The van der Waals surface area contributed by atoms with Gasteiger partial charge in [-0.2, -0.15) is 0 Å². The van der Waals surface area contributed by atoms with E-state index in [0.717, 1.165) is 5.56 Å². The van der Waals surface area contributed by atoms with Gasteiger partial charge in [-0.15, -0.1) is 0 Å². The second-order valence-corrected chi connectivity index (χ2v) is 5.10. The standard InChI is InChI=1S/C16H24N4O3/c1-12(21)20-14(9-6-10-18-16(23)17-2)15(22)19-11-13-7-4-3-5-8-13/h3-5,7-8,14H,6,9-11H2,1-2H3,(H,19,22)(H,20,21)(H2,17,18,23)/t14-/m0/s1. The van der Waals surface area contributed by atoms with Crippen molar-refractivity contribution in [2.75, 3.05) is 13.6 Å². The summed E-state index contributed by atoms with van der Waals surface area (Å²) in [6.07, 6.45) is 1.03. The highest BCUT2D eigenvalue weighted by molar-refractivity contribution is 5.86. The third kappa shape index (κ3) is 7.85. The lowest BCUT2D eigenvalue weighted by Crippen LogP contribution is -2.46. The molecular weight excluding hydrogens is 296 g/mol. The minimum Gasteiger partial charge on any atom is -0.350 e. The normalized spacial score (nSPS) is 11.2. The molecule has 0 aliphatic rings. The fraction of sp³-hybridized carbons (Fsp3) is 0.438. The van der Waals surface area contributed by atoms with E-state index in [1.54, 1.807) is 0 Å². The summed E-state index contributed by atoms with van der Waals surface area (Å²) in [6.45, 7) is 2.22. The number of rotatable bonds is 8. The van der Waals surface area contributed by atoms with Crippen LogP contribution in [0.2, 0.25) is 0 Å². The maximum atomic E-state index is 12.2. The molecule has 1 atom stereocenters. The van der Waals surface area contributed by atoms with Crippen molar-refractivity contribution in [3.8, 4) is 0 Å². The van der Waals surface area contributed by atoms with E-state index in [9.17, 15) is 14.4 Å². The molecule has 0 aromatic heterocycles. The number of hydrogen-bond donors (Lipinski definition) is 4. The lowest BCUT2D eigenvalue weighted by molar-refractivity contribution is -0.128. The van der Waals surface area contributed by atoms with Gasteiger partial charge in [0.1, 0.15) is 6.04 Å². The van der Waals surface area contributed by atoms with E-state index in [-0.39, 0.29) is 17.8 Å². The molecule has 4 N–H and O–H groups in total. The SMILES string of the molecule is CNC(=O)NCCC[C@H](NC(C)=O)C(=O)NCc1ccccc1. The Morgan fingerprint density at radius 2 is 1.78 bits per heavy atom. The molecule has 1 aromatic carbocycles. The maximum Gasteiger partial charge on any atom is 0.314 e. The van der Waals surface area contributed by atoms with Crippen molar-refractivity contribution in [2.45, 2.75) is 32.4 Å². The van der Waals surface area contributed by atoms with Crippen molar-refractivity contribution >= 4 is 17.8 Å². The first-order valence-electron chi connectivity index (χ1n) is 7.57. The summed E-state index contributed by atoms with van der Waals surface area (Å²) in [6, 6.07) is 8.67. The van der Waals surface area contributed by atoms with E-state index < -0.39 is 6.04 Å². The average molecular weight is 320 g/mol. The summed E-state index contributed by atoms with van der Waals surface area (Å²) < 4.78 is 0. The van der Waals surface area contributed by atoms with Crippen LogP contribution in [0.3, 0.4) is 0 Å². The highest BCUT2D eigenvalue weighted by Gasteiger charge is 2.18. The molecule has 23 heavy (non-hydrogen) atoms. The van der Waals surface area contributed by atoms with Crippen molar-refractivity contribution in [1.82, 2.24) is 21.3 Å². The Balaban J connectivity index is 2.43. The van der Waals surface area contributed by atoms with Gasteiger partial charge in [-0.3, -0.25) is 9.59 Å². The lowest BCUT2D eigenvalue weighted by atomic mass is 10.1. The first kappa shape index (κ1) is 18.5. The fourth-order valence-corrected chi connectivity index (χ4v) is 2.02. The van der Waals surface area contributed by atoms with Crippen LogP contribution in [-0.2, 0) is 16.1 Å². The first-order valence-corrected chi connectivity index (χ1v) is 7.57. The van der Waals surface area contributed by atoms with Gasteiger partial charge in [0.05, 0.1) is 0 Å². The predicted octanol–water partition coefficient (Wildman–Crippen LogP) is 0.517. The minimum atomic E-state index is -0.609. The Kier molecular flexibility index (Phi) is 8.20. The molecule has 1 rings (SSSR count).